The molecule has 1 aliphatic rings. The minimum atomic E-state index is -4.62. The first-order valence-corrected chi connectivity index (χ1v) is 10.0. The molecule has 2 aromatic carbocycles. The third-order valence-electron chi connectivity index (χ3n) is 5.10. The van der Waals surface area contributed by atoms with Crippen LogP contribution < -0.4 is 10.2 Å². The van der Waals surface area contributed by atoms with Crippen molar-refractivity contribution in [2.75, 3.05) is 23.4 Å². The smallest absolute Gasteiger partial charge is 0.416 e. The molecule has 0 unspecified atom stereocenters. The first-order chi connectivity index (χ1) is 15.5. The minimum absolute atomic E-state index is 0.0637. The summed E-state index contributed by atoms with van der Waals surface area (Å²) in [6, 6.07) is 8.01. The van der Waals surface area contributed by atoms with Crippen LogP contribution in [0.3, 0.4) is 0 Å². The number of amides is 2. The summed E-state index contributed by atoms with van der Waals surface area (Å²) in [5.41, 5.74) is 1.12. The molecule has 174 valence electrons. The Balaban J connectivity index is 1.59. The van der Waals surface area contributed by atoms with E-state index in [1.807, 2.05) is 19.1 Å². The lowest BCUT2D eigenvalue weighted by molar-refractivity contribution is -0.147. The second-order valence-electron chi connectivity index (χ2n) is 7.66. The number of anilines is 2. The fourth-order valence-electron chi connectivity index (χ4n) is 3.37. The fourth-order valence-corrected chi connectivity index (χ4v) is 3.37. The number of benzene rings is 2. The van der Waals surface area contributed by atoms with E-state index in [4.69, 9.17) is 4.74 Å². The SMILES string of the molecule is Cc1ccc(C)c(C(=O)CCC(=O)OCC(=O)N2CC(=O)Nc3cc(C(F)(F)F)ccc32)c1. The van der Waals surface area contributed by atoms with Crippen LogP contribution in [0.4, 0.5) is 24.5 Å². The summed E-state index contributed by atoms with van der Waals surface area (Å²) in [5, 5.41) is 2.30. The first-order valence-electron chi connectivity index (χ1n) is 10.0. The van der Waals surface area contributed by atoms with Crippen molar-refractivity contribution in [3.8, 4) is 0 Å². The number of Topliss-reactive ketones (excluding diaryl/α,β-unsaturated/α-hetero) is 1. The molecular formula is C23H21F3N2O5. The van der Waals surface area contributed by atoms with Gasteiger partial charge in [0.2, 0.25) is 5.91 Å². The van der Waals surface area contributed by atoms with Crippen molar-refractivity contribution in [3.63, 3.8) is 0 Å². The van der Waals surface area contributed by atoms with E-state index in [1.165, 1.54) is 0 Å². The maximum absolute atomic E-state index is 12.9. The predicted molar refractivity (Wildman–Crippen MR) is 113 cm³/mol. The Kier molecular flexibility index (Phi) is 6.85. The Labute approximate surface area is 187 Å². The Bertz CT molecular complexity index is 1130. The van der Waals surface area contributed by atoms with Crippen molar-refractivity contribution in [1.29, 1.82) is 0 Å². The summed E-state index contributed by atoms with van der Waals surface area (Å²) >= 11 is 0. The van der Waals surface area contributed by atoms with Gasteiger partial charge in [-0.05, 0) is 43.7 Å². The number of hydrogen-bond donors (Lipinski definition) is 1. The Morgan fingerprint density at radius 3 is 2.48 bits per heavy atom. The normalized spacial score (nSPS) is 13.2. The van der Waals surface area contributed by atoms with Crippen LogP contribution in [0.5, 0.6) is 0 Å². The number of carbonyl (C=O) groups excluding carboxylic acids is 4. The van der Waals surface area contributed by atoms with Crippen molar-refractivity contribution in [2.24, 2.45) is 0 Å². The number of halogens is 3. The predicted octanol–water partition coefficient (Wildman–Crippen LogP) is 3.81. The second kappa shape index (κ2) is 9.43. The Morgan fingerprint density at radius 1 is 1.06 bits per heavy atom. The molecule has 1 aliphatic heterocycles. The third kappa shape index (κ3) is 5.76. The van der Waals surface area contributed by atoms with Gasteiger partial charge in [-0.25, -0.2) is 0 Å². The number of rotatable bonds is 6. The molecule has 0 radical (unpaired) electrons. The highest BCUT2D eigenvalue weighted by molar-refractivity contribution is 6.10. The summed E-state index contributed by atoms with van der Waals surface area (Å²) < 4.78 is 43.7. The van der Waals surface area contributed by atoms with Gasteiger partial charge in [-0.3, -0.25) is 24.1 Å². The van der Waals surface area contributed by atoms with E-state index in [1.54, 1.807) is 13.0 Å². The molecule has 33 heavy (non-hydrogen) atoms. The minimum Gasteiger partial charge on any atom is -0.456 e. The van der Waals surface area contributed by atoms with E-state index in [0.29, 0.717) is 5.56 Å². The zero-order valence-electron chi connectivity index (χ0n) is 17.9. The number of nitrogens with one attached hydrogen (secondary N) is 1. The topological polar surface area (TPSA) is 92.8 Å². The lowest BCUT2D eigenvalue weighted by atomic mass is 9.99. The summed E-state index contributed by atoms with van der Waals surface area (Å²) in [6.45, 7) is 2.48. The number of nitrogens with zero attached hydrogens (tertiary/aromatic N) is 1. The lowest BCUT2D eigenvalue weighted by Gasteiger charge is -2.29. The quantitative estimate of drug-likeness (QED) is 0.521. The highest BCUT2D eigenvalue weighted by Gasteiger charge is 2.34. The highest BCUT2D eigenvalue weighted by atomic mass is 19.4. The van der Waals surface area contributed by atoms with Crippen molar-refractivity contribution in [2.45, 2.75) is 32.9 Å². The molecule has 0 spiro atoms. The van der Waals surface area contributed by atoms with Gasteiger partial charge in [0.05, 0.1) is 23.4 Å². The summed E-state index contributed by atoms with van der Waals surface area (Å²) in [5.74, 6) is -2.47. The van der Waals surface area contributed by atoms with Crippen molar-refractivity contribution < 1.29 is 37.1 Å². The van der Waals surface area contributed by atoms with Gasteiger partial charge < -0.3 is 10.1 Å². The number of alkyl halides is 3. The van der Waals surface area contributed by atoms with E-state index in [0.717, 1.165) is 34.2 Å². The van der Waals surface area contributed by atoms with E-state index in [9.17, 15) is 32.3 Å². The second-order valence-corrected chi connectivity index (χ2v) is 7.66. The van der Waals surface area contributed by atoms with Gasteiger partial charge in [0.15, 0.2) is 12.4 Å². The standard InChI is InChI=1S/C23H21F3N2O5/c1-13-3-4-14(2)16(9-13)19(29)7-8-22(32)33-12-21(31)28-11-20(30)27-17-10-15(23(24,25)26)5-6-18(17)28/h3-6,9-10H,7-8,11-12H2,1-2H3,(H,27,30). The summed E-state index contributed by atoms with van der Waals surface area (Å²) in [4.78, 5) is 49.7. The van der Waals surface area contributed by atoms with Crippen molar-refractivity contribution >= 4 is 34.9 Å². The van der Waals surface area contributed by atoms with Crippen LogP contribution in [0.2, 0.25) is 0 Å². The van der Waals surface area contributed by atoms with Gasteiger partial charge in [-0.2, -0.15) is 13.2 Å². The van der Waals surface area contributed by atoms with Crippen LogP contribution in [0.1, 0.15) is 39.9 Å². The maximum Gasteiger partial charge on any atom is 0.416 e. The van der Waals surface area contributed by atoms with Gasteiger partial charge in [0, 0.05) is 12.0 Å². The van der Waals surface area contributed by atoms with Crippen LogP contribution in [-0.4, -0.2) is 36.7 Å². The third-order valence-corrected chi connectivity index (χ3v) is 5.10. The van der Waals surface area contributed by atoms with Gasteiger partial charge in [-0.1, -0.05) is 17.7 Å². The molecule has 0 saturated carbocycles. The molecule has 0 bridgehead atoms. The Hall–Kier alpha value is -3.69. The average Bonchev–Trinajstić information content (AvgIpc) is 2.75. The van der Waals surface area contributed by atoms with Crippen LogP contribution in [0, 0.1) is 13.8 Å². The lowest BCUT2D eigenvalue weighted by Crippen LogP contribution is -2.44. The monoisotopic (exact) mass is 462 g/mol. The summed E-state index contributed by atoms with van der Waals surface area (Å²) in [7, 11) is 0. The molecule has 0 fully saturated rings. The van der Waals surface area contributed by atoms with E-state index >= 15 is 0 Å². The molecule has 2 aromatic rings. The maximum atomic E-state index is 12.9. The number of ether oxygens (including phenoxy) is 1. The molecule has 0 aliphatic carbocycles. The van der Waals surface area contributed by atoms with Crippen molar-refractivity contribution in [1.82, 2.24) is 0 Å². The number of aryl methyl sites for hydroxylation is 2. The number of hydrogen-bond acceptors (Lipinski definition) is 5. The van der Waals surface area contributed by atoms with Gasteiger partial charge in [0.1, 0.15) is 6.54 Å². The Morgan fingerprint density at radius 2 is 1.79 bits per heavy atom. The van der Waals surface area contributed by atoms with E-state index < -0.39 is 42.7 Å². The molecule has 1 heterocycles. The van der Waals surface area contributed by atoms with E-state index in [-0.39, 0.29) is 30.0 Å². The number of fused-ring (bicyclic) bond motifs is 1. The molecule has 0 aromatic heterocycles. The van der Waals surface area contributed by atoms with Crippen molar-refractivity contribution in [3.05, 3.63) is 58.7 Å². The molecule has 1 N–H and O–H groups in total. The largest absolute Gasteiger partial charge is 0.456 e. The number of esters is 1. The van der Waals surface area contributed by atoms with Gasteiger partial charge >= 0.3 is 12.1 Å². The van der Waals surface area contributed by atoms with Crippen LogP contribution in [-0.2, 0) is 25.3 Å². The zero-order chi connectivity index (χ0) is 24.3. The van der Waals surface area contributed by atoms with Crippen LogP contribution in [0.15, 0.2) is 36.4 Å². The molecule has 3 rings (SSSR count). The average molecular weight is 462 g/mol. The zero-order valence-corrected chi connectivity index (χ0v) is 17.9. The van der Waals surface area contributed by atoms with Crippen LogP contribution in [0.25, 0.3) is 0 Å². The number of ketones is 1. The molecule has 10 heteroatoms. The van der Waals surface area contributed by atoms with E-state index in [2.05, 4.69) is 5.32 Å². The summed E-state index contributed by atoms with van der Waals surface area (Å²) in [6.07, 6.45) is -4.96. The highest BCUT2D eigenvalue weighted by Crippen LogP contribution is 2.36. The first kappa shape index (κ1) is 24.0. The van der Waals surface area contributed by atoms with Gasteiger partial charge in [-0.15, -0.1) is 0 Å². The molecular weight excluding hydrogens is 441 g/mol. The molecule has 7 nitrogen and oxygen atoms in total. The molecule has 0 atom stereocenters. The molecule has 0 saturated heterocycles. The fraction of sp³-hybridized carbons (Fsp3) is 0.304. The number of carbonyl (C=O) groups is 4. The van der Waals surface area contributed by atoms with Gasteiger partial charge in [0.25, 0.3) is 5.91 Å². The van der Waals surface area contributed by atoms with Crippen LogP contribution >= 0.6 is 0 Å². The molecule has 2 amide bonds.